The first-order chi connectivity index (χ1) is 9.11. The van der Waals surface area contributed by atoms with E-state index in [-0.39, 0.29) is 12.0 Å². The maximum Gasteiger partial charge on any atom is 0.0596 e. The molecule has 0 spiro atoms. The van der Waals surface area contributed by atoms with Crippen LogP contribution in [0.2, 0.25) is 0 Å². The molecule has 0 aliphatic carbocycles. The van der Waals surface area contributed by atoms with E-state index in [9.17, 15) is 5.11 Å². The van der Waals surface area contributed by atoms with E-state index in [1.165, 1.54) is 5.56 Å². The molecule has 2 aromatic rings. The number of aromatic nitrogens is 2. The number of aliphatic hydroxyl groups excluding tert-OH is 1. The normalized spacial score (nSPS) is 14.3. The first-order valence-electron chi connectivity index (χ1n) is 6.77. The molecule has 1 heterocycles. The third-order valence-electron chi connectivity index (χ3n) is 3.98. The standard InChI is InChI=1S/C16H22N2O/c1-4-16(12-19,14-8-6-5-7-9-14)11-15-10-13(2)17-18(15)3/h5-10,19H,4,11-12H2,1-3H3. The molecule has 0 saturated carbocycles. The van der Waals surface area contributed by atoms with Gasteiger partial charge in [-0.2, -0.15) is 5.10 Å². The molecule has 3 nitrogen and oxygen atoms in total. The van der Waals surface area contributed by atoms with Gasteiger partial charge in [0.15, 0.2) is 0 Å². The summed E-state index contributed by atoms with van der Waals surface area (Å²) in [5.74, 6) is 0. The Balaban J connectivity index is 2.38. The second-order valence-electron chi connectivity index (χ2n) is 5.24. The van der Waals surface area contributed by atoms with Crippen LogP contribution in [0.3, 0.4) is 0 Å². The first kappa shape index (κ1) is 13.8. The Morgan fingerprint density at radius 1 is 1.26 bits per heavy atom. The fraction of sp³-hybridized carbons (Fsp3) is 0.438. The lowest BCUT2D eigenvalue weighted by atomic mass is 9.75. The molecule has 1 atom stereocenters. The van der Waals surface area contributed by atoms with Crippen LogP contribution >= 0.6 is 0 Å². The van der Waals surface area contributed by atoms with Gasteiger partial charge in [0.2, 0.25) is 0 Å². The molecule has 0 bridgehead atoms. The van der Waals surface area contributed by atoms with E-state index in [1.54, 1.807) is 0 Å². The smallest absolute Gasteiger partial charge is 0.0596 e. The average Bonchev–Trinajstić information content (AvgIpc) is 2.75. The van der Waals surface area contributed by atoms with Crippen molar-refractivity contribution >= 4 is 0 Å². The van der Waals surface area contributed by atoms with Gasteiger partial charge in [-0.1, -0.05) is 37.3 Å². The van der Waals surface area contributed by atoms with Crippen LogP contribution in [-0.2, 0) is 18.9 Å². The molecule has 0 saturated heterocycles. The number of hydrogen-bond acceptors (Lipinski definition) is 2. The Morgan fingerprint density at radius 3 is 2.42 bits per heavy atom. The lowest BCUT2D eigenvalue weighted by Gasteiger charge is -2.31. The maximum atomic E-state index is 9.96. The summed E-state index contributed by atoms with van der Waals surface area (Å²) in [5, 5.41) is 14.4. The van der Waals surface area contributed by atoms with Crippen molar-refractivity contribution in [3.8, 4) is 0 Å². The Bertz CT molecular complexity index is 527. The predicted molar refractivity (Wildman–Crippen MR) is 77.1 cm³/mol. The minimum absolute atomic E-state index is 0.151. The zero-order valence-electron chi connectivity index (χ0n) is 11.9. The summed E-state index contributed by atoms with van der Waals surface area (Å²) >= 11 is 0. The van der Waals surface area contributed by atoms with Crippen LogP contribution < -0.4 is 0 Å². The largest absolute Gasteiger partial charge is 0.395 e. The van der Waals surface area contributed by atoms with E-state index in [4.69, 9.17) is 0 Å². The predicted octanol–water partition coefficient (Wildman–Crippen LogP) is 2.61. The fourth-order valence-corrected chi connectivity index (χ4v) is 2.66. The molecule has 1 N–H and O–H groups in total. The van der Waals surface area contributed by atoms with Crippen LogP contribution in [0.15, 0.2) is 36.4 Å². The molecule has 1 aromatic carbocycles. The van der Waals surface area contributed by atoms with Crippen LogP contribution in [0.5, 0.6) is 0 Å². The summed E-state index contributed by atoms with van der Waals surface area (Å²) in [5.41, 5.74) is 3.16. The van der Waals surface area contributed by atoms with Gasteiger partial charge < -0.3 is 5.11 Å². The van der Waals surface area contributed by atoms with Crippen LogP contribution in [-0.4, -0.2) is 21.5 Å². The van der Waals surface area contributed by atoms with E-state index >= 15 is 0 Å². The molecule has 102 valence electrons. The van der Waals surface area contributed by atoms with Gasteiger partial charge in [0.1, 0.15) is 0 Å². The van der Waals surface area contributed by atoms with Crippen molar-refractivity contribution in [2.24, 2.45) is 7.05 Å². The van der Waals surface area contributed by atoms with E-state index < -0.39 is 0 Å². The van der Waals surface area contributed by atoms with Crippen molar-refractivity contribution in [3.63, 3.8) is 0 Å². The maximum absolute atomic E-state index is 9.96. The number of aryl methyl sites for hydroxylation is 2. The lowest BCUT2D eigenvalue weighted by molar-refractivity contribution is 0.184. The molecule has 1 unspecified atom stereocenters. The molecule has 0 aliphatic heterocycles. The molecular formula is C16H22N2O. The average molecular weight is 258 g/mol. The second kappa shape index (κ2) is 5.57. The highest BCUT2D eigenvalue weighted by Crippen LogP contribution is 2.31. The molecular weight excluding hydrogens is 236 g/mol. The third-order valence-corrected chi connectivity index (χ3v) is 3.98. The number of hydrogen-bond donors (Lipinski definition) is 1. The number of rotatable bonds is 5. The Morgan fingerprint density at radius 2 is 1.95 bits per heavy atom. The van der Waals surface area contributed by atoms with Crippen LogP contribution in [0.25, 0.3) is 0 Å². The van der Waals surface area contributed by atoms with Crippen LogP contribution in [0.4, 0.5) is 0 Å². The van der Waals surface area contributed by atoms with E-state index in [0.29, 0.717) is 0 Å². The van der Waals surface area contributed by atoms with Gasteiger partial charge >= 0.3 is 0 Å². The Labute approximate surface area is 114 Å². The van der Waals surface area contributed by atoms with Gasteiger partial charge in [-0.25, -0.2) is 0 Å². The second-order valence-corrected chi connectivity index (χ2v) is 5.24. The summed E-state index contributed by atoms with van der Waals surface area (Å²) in [6.07, 6.45) is 1.71. The topological polar surface area (TPSA) is 38.1 Å². The minimum atomic E-state index is -0.221. The molecule has 19 heavy (non-hydrogen) atoms. The lowest BCUT2D eigenvalue weighted by Crippen LogP contribution is -2.33. The highest BCUT2D eigenvalue weighted by Gasteiger charge is 2.31. The minimum Gasteiger partial charge on any atom is -0.395 e. The van der Waals surface area contributed by atoms with Gasteiger partial charge in [-0.05, 0) is 25.0 Å². The van der Waals surface area contributed by atoms with E-state index in [0.717, 1.165) is 24.2 Å². The molecule has 0 fully saturated rings. The van der Waals surface area contributed by atoms with Crippen molar-refractivity contribution in [2.45, 2.75) is 32.1 Å². The van der Waals surface area contributed by atoms with Gasteiger partial charge in [0.05, 0.1) is 12.3 Å². The van der Waals surface area contributed by atoms with Gasteiger partial charge in [-0.3, -0.25) is 4.68 Å². The Kier molecular flexibility index (Phi) is 4.05. The SMILES string of the molecule is CCC(CO)(Cc1cc(C)nn1C)c1ccccc1. The molecule has 3 heteroatoms. The summed E-state index contributed by atoms with van der Waals surface area (Å²) in [6, 6.07) is 12.4. The quantitative estimate of drug-likeness (QED) is 0.895. The monoisotopic (exact) mass is 258 g/mol. The Hall–Kier alpha value is -1.61. The highest BCUT2D eigenvalue weighted by molar-refractivity contribution is 5.28. The molecule has 0 amide bonds. The van der Waals surface area contributed by atoms with Crippen molar-refractivity contribution in [1.82, 2.24) is 9.78 Å². The van der Waals surface area contributed by atoms with Gasteiger partial charge in [-0.15, -0.1) is 0 Å². The van der Waals surface area contributed by atoms with Crippen LogP contribution in [0.1, 0.15) is 30.3 Å². The fourth-order valence-electron chi connectivity index (χ4n) is 2.66. The number of nitrogens with zero attached hydrogens (tertiary/aromatic N) is 2. The molecule has 0 radical (unpaired) electrons. The van der Waals surface area contributed by atoms with Crippen molar-refractivity contribution in [2.75, 3.05) is 6.61 Å². The summed E-state index contributed by atoms with van der Waals surface area (Å²) in [6.45, 7) is 4.28. The van der Waals surface area contributed by atoms with Crippen molar-refractivity contribution in [3.05, 3.63) is 53.3 Å². The van der Waals surface area contributed by atoms with Gasteiger partial charge in [0.25, 0.3) is 0 Å². The van der Waals surface area contributed by atoms with E-state index in [2.05, 4.69) is 30.2 Å². The van der Waals surface area contributed by atoms with Crippen molar-refractivity contribution < 1.29 is 5.11 Å². The molecule has 0 aliphatic rings. The first-order valence-corrected chi connectivity index (χ1v) is 6.77. The van der Waals surface area contributed by atoms with Gasteiger partial charge in [0, 0.05) is 24.6 Å². The summed E-state index contributed by atoms with van der Waals surface area (Å²) in [7, 11) is 1.96. The van der Waals surface area contributed by atoms with Crippen molar-refractivity contribution in [1.29, 1.82) is 0 Å². The summed E-state index contributed by atoms with van der Waals surface area (Å²) in [4.78, 5) is 0. The summed E-state index contributed by atoms with van der Waals surface area (Å²) < 4.78 is 1.92. The number of aliphatic hydroxyl groups is 1. The van der Waals surface area contributed by atoms with E-state index in [1.807, 2.05) is 36.9 Å². The zero-order chi connectivity index (χ0) is 13.9. The molecule has 1 aromatic heterocycles. The zero-order valence-corrected chi connectivity index (χ0v) is 11.9. The highest BCUT2D eigenvalue weighted by atomic mass is 16.3. The third kappa shape index (κ3) is 2.71. The number of benzene rings is 1. The van der Waals surface area contributed by atoms with Crippen LogP contribution in [0, 0.1) is 6.92 Å². The molecule has 2 rings (SSSR count).